The van der Waals surface area contributed by atoms with Crippen molar-refractivity contribution in [1.82, 2.24) is 5.32 Å². The van der Waals surface area contributed by atoms with E-state index in [9.17, 15) is 0 Å². The van der Waals surface area contributed by atoms with Gasteiger partial charge in [0.1, 0.15) is 23.7 Å². The van der Waals surface area contributed by atoms with Gasteiger partial charge in [-0.05, 0) is 38.9 Å². The Hall–Kier alpha value is -1.71. The summed E-state index contributed by atoms with van der Waals surface area (Å²) in [5.41, 5.74) is 2.40. The van der Waals surface area contributed by atoms with Gasteiger partial charge in [0.25, 0.3) is 0 Å². The minimum atomic E-state index is -0.183. The van der Waals surface area contributed by atoms with E-state index in [2.05, 4.69) is 55.6 Å². The molecule has 3 nitrogen and oxygen atoms in total. The van der Waals surface area contributed by atoms with Crippen molar-refractivity contribution < 1.29 is 9.47 Å². The largest absolute Gasteiger partial charge is 0.492 e. The number of benzene rings is 2. The minimum Gasteiger partial charge on any atom is -0.492 e. The summed E-state index contributed by atoms with van der Waals surface area (Å²) in [5.74, 6) is 2.17. The first-order chi connectivity index (χ1) is 11.1. The summed E-state index contributed by atoms with van der Waals surface area (Å²) in [6.45, 7) is 5.79. The fraction of sp³-hybridized carbons (Fsp3) is 0.400. The molecule has 1 aliphatic heterocycles. The molecule has 1 unspecified atom stereocenters. The van der Waals surface area contributed by atoms with Gasteiger partial charge in [0, 0.05) is 24.1 Å². The Bertz CT molecular complexity index is 658. The van der Waals surface area contributed by atoms with Gasteiger partial charge in [-0.25, -0.2) is 0 Å². The van der Waals surface area contributed by atoms with Gasteiger partial charge in [-0.1, -0.05) is 36.4 Å². The summed E-state index contributed by atoms with van der Waals surface area (Å²) >= 11 is 0. The highest BCUT2D eigenvalue weighted by Gasteiger charge is 2.34. The van der Waals surface area contributed by atoms with Crippen LogP contribution in [0.5, 0.6) is 11.5 Å². The lowest BCUT2D eigenvalue weighted by Crippen LogP contribution is -2.35. The predicted octanol–water partition coefficient (Wildman–Crippen LogP) is 4.40. The zero-order valence-corrected chi connectivity index (χ0v) is 15.4. The molecule has 3 rings (SSSR count). The summed E-state index contributed by atoms with van der Waals surface area (Å²) < 4.78 is 12.0. The number of ether oxygens (including phenoxy) is 2. The van der Waals surface area contributed by atoms with Gasteiger partial charge in [0.2, 0.25) is 0 Å². The lowest BCUT2D eigenvalue weighted by molar-refractivity contribution is 0.0770. The number of hydrogen-bond acceptors (Lipinski definition) is 3. The Balaban J connectivity index is 0.00000208. The Morgan fingerprint density at radius 3 is 2.62 bits per heavy atom. The first-order valence-electron chi connectivity index (χ1n) is 8.24. The van der Waals surface area contributed by atoms with Crippen LogP contribution in [-0.2, 0) is 0 Å². The van der Waals surface area contributed by atoms with Crippen LogP contribution in [0, 0.1) is 0 Å². The van der Waals surface area contributed by atoms with E-state index >= 15 is 0 Å². The number of likely N-dealkylation sites (N-methyl/N-ethyl adjacent to an activating group) is 1. The van der Waals surface area contributed by atoms with E-state index in [1.54, 1.807) is 0 Å². The Labute approximate surface area is 150 Å². The molecule has 4 heteroatoms. The Morgan fingerprint density at radius 1 is 1.17 bits per heavy atom. The third-order valence-corrected chi connectivity index (χ3v) is 4.27. The molecule has 0 fully saturated rings. The van der Waals surface area contributed by atoms with E-state index in [1.165, 1.54) is 11.1 Å². The second-order valence-corrected chi connectivity index (χ2v) is 6.68. The molecule has 1 aliphatic rings. The van der Waals surface area contributed by atoms with Gasteiger partial charge in [-0.3, -0.25) is 0 Å². The second kappa shape index (κ2) is 7.91. The topological polar surface area (TPSA) is 30.5 Å². The first-order valence-corrected chi connectivity index (χ1v) is 8.24. The summed E-state index contributed by atoms with van der Waals surface area (Å²) in [4.78, 5) is 0. The van der Waals surface area contributed by atoms with E-state index < -0.39 is 0 Å². The molecule has 0 amide bonds. The van der Waals surface area contributed by atoms with Crippen molar-refractivity contribution in [3.63, 3.8) is 0 Å². The van der Waals surface area contributed by atoms with Crippen LogP contribution in [0.15, 0.2) is 48.5 Å². The Kier molecular flexibility index (Phi) is 6.14. The van der Waals surface area contributed by atoms with Crippen LogP contribution in [0.1, 0.15) is 37.3 Å². The third-order valence-electron chi connectivity index (χ3n) is 4.27. The van der Waals surface area contributed by atoms with Gasteiger partial charge in [-0.15, -0.1) is 12.4 Å². The van der Waals surface area contributed by atoms with E-state index in [0.29, 0.717) is 12.5 Å². The summed E-state index contributed by atoms with van der Waals surface area (Å²) in [6.07, 6.45) is 0.976. The number of rotatable bonds is 5. The monoisotopic (exact) mass is 347 g/mol. The molecule has 0 aliphatic carbocycles. The predicted molar refractivity (Wildman–Crippen MR) is 101 cm³/mol. The van der Waals surface area contributed by atoms with Crippen LogP contribution >= 0.6 is 12.4 Å². The highest BCUT2D eigenvalue weighted by atomic mass is 35.5. The minimum absolute atomic E-state index is 0. The van der Waals surface area contributed by atoms with Crippen LogP contribution in [0.4, 0.5) is 0 Å². The van der Waals surface area contributed by atoms with Crippen molar-refractivity contribution >= 4 is 12.4 Å². The fourth-order valence-corrected chi connectivity index (χ4v) is 3.18. The molecule has 1 heterocycles. The normalized spacial score (nSPS) is 18.0. The third kappa shape index (κ3) is 4.22. The summed E-state index contributed by atoms with van der Waals surface area (Å²) in [6, 6.07) is 16.9. The van der Waals surface area contributed by atoms with Crippen molar-refractivity contribution in [2.45, 2.75) is 31.8 Å². The average Bonchev–Trinajstić information content (AvgIpc) is 2.54. The summed E-state index contributed by atoms with van der Waals surface area (Å²) in [5, 5.41) is 3.09. The van der Waals surface area contributed by atoms with Crippen LogP contribution in [0.2, 0.25) is 0 Å². The molecule has 1 atom stereocenters. The molecule has 2 aromatic carbocycles. The van der Waals surface area contributed by atoms with Crippen molar-refractivity contribution in [1.29, 1.82) is 0 Å². The molecule has 0 bridgehead atoms. The quantitative estimate of drug-likeness (QED) is 0.813. The number of fused-ring (bicyclic) bond motifs is 1. The van der Waals surface area contributed by atoms with Gasteiger partial charge in [0.15, 0.2) is 0 Å². The maximum absolute atomic E-state index is 6.22. The molecular formula is C20H26ClNO2. The van der Waals surface area contributed by atoms with E-state index in [4.69, 9.17) is 9.47 Å². The molecule has 0 saturated carbocycles. The number of halogens is 1. The van der Waals surface area contributed by atoms with Crippen LogP contribution in [0.25, 0.3) is 0 Å². The van der Waals surface area contributed by atoms with E-state index in [0.717, 1.165) is 24.5 Å². The lowest BCUT2D eigenvalue weighted by atomic mass is 9.80. The smallest absolute Gasteiger partial charge is 0.127 e. The van der Waals surface area contributed by atoms with Crippen molar-refractivity contribution in [3.05, 3.63) is 59.7 Å². The van der Waals surface area contributed by atoms with Gasteiger partial charge in [0.05, 0.1) is 0 Å². The van der Waals surface area contributed by atoms with E-state index in [-0.39, 0.29) is 18.0 Å². The first kappa shape index (κ1) is 18.6. The molecular weight excluding hydrogens is 322 g/mol. The zero-order valence-electron chi connectivity index (χ0n) is 14.5. The maximum Gasteiger partial charge on any atom is 0.127 e. The van der Waals surface area contributed by atoms with Crippen molar-refractivity contribution in [2.24, 2.45) is 0 Å². The molecule has 130 valence electrons. The fourth-order valence-electron chi connectivity index (χ4n) is 3.18. The van der Waals surface area contributed by atoms with Crippen molar-refractivity contribution in [3.8, 4) is 11.5 Å². The van der Waals surface area contributed by atoms with Crippen LogP contribution < -0.4 is 14.8 Å². The molecule has 0 spiro atoms. The molecule has 2 aromatic rings. The molecule has 1 N–H and O–H groups in total. The van der Waals surface area contributed by atoms with Crippen LogP contribution in [0.3, 0.4) is 0 Å². The zero-order chi connectivity index (χ0) is 16.3. The average molecular weight is 348 g/mol. The standard InChI is InChI=1S/C20H25NO2.ClH/c1-20(2)14-18(15-7-5-4-6-8-15)17-10-9-16(13-19(17)23-20)22-12-11-21-3;/h4-10,13,18,21H,11-12,14H2,1-3H3;1H. The Morgan fingerprint density at radius 2 is 1.92 bits per heavy atom. The molecule has 0 aromatic heterocycles. The van der Waals surface area contributed by atoms with Gasteiger partial charge < -0.3 is 14.8 Å². The van der Waals surface area contributed by atoms with Crippen LogP contribution in [-0.4, -0.2) is 25.8 Å². The highest BCUT2D eigenvalue weighted by molar-refractivity contribution is 5.85. The SMILES string of the molecule is CNCCOc1ccc2c(c1)OC(C)(C)CC2c1ccccc1.Cl. The maximum atomic E-state index is 6.22. The second-order valence-electron chi connectivity index (χ2n) is 6.68. The lowest BCUT2D eigenvalue weighted by Gasteiger charge is -2.38. The van der Waals surface area contributed by atoms with E-state index in [1.807, 2.05) is 19.2 Å². The number of hydrogen-bond donors (Lipinski definition) is 1. The van der Waals surface area contributed by atoms with Crippen molar-refractivity contribution in [2.75, 3.05) is 20.2 Å². The number of nitrogens with one attached hydrogen (secondary N) is 1. The molecule has 0 saturated heterocycles. The highest BCUT2D eigenvalue weighted by Crippen LogP contribution is 2.45. The summed E-state index contributed by atoms with van der Waals surface area (Å²) in [7, 11) is 1.92. The molecule has 24 heavy (non-hydrogen) atoms. The van der Waals surface area contributed by atoms with Gasteiger partial charge in [-0.2, -0.15) is 0 Å². The molecule has 0 radical (unpaired) electrons. The van der Waals surface area contributed by atoms with Gasteiger partial charge >= 0.3 is 0 Å².